The summed E-state index contributed by atoms with van der Waals surface area (Å²) in [5.41, 5.74) is 1.01. The maximum absolute atomic E-state index is 10.5. The first-order valence-electron chi connectivity index (χ1n) is 8.42. The molecule has 0 radical (unpaired) electrons. The molecule has 3 heteroatoms. The lowest BCUT2D eigenvalue weighted by atomic mass is 9.84. The topological polar surface area (TPSA) is 35.5 Å². The average molecular weight is 296 g/mol. The van der Waals surface area contributed by atoms with Gasteiger partial charge in [0.1, 0.15) is 0 Å². The van der Waals surface area contributed by atoms with Crippen LogP contribution < -0.4 is 5.32 Å². The zero-order chi connectivity index (χ0) is 14.9. The van der Waals surface area contributed by atoms with Gasteiger partial charge in [0.05, 0.1) is 6.10 Å². The van der Waals surface area contributed by atoms with Crippen molar-refractivity contribution >= 4 is 10.8 Å². The van der Waals surface area contributed by atoms with Gasteiger partial charge in [0, 0.05) is 19.1 Å². The molecule has 0 unspecified atom stereocenters. The molecule has 3 nitrogen and oxygen atoms in total. The first-order chi connectivity index (χ1) is 10.8. The minimum absolute atomic E-state index is 0.431. The van der Waals surface area contributed by atoms with E-state index in [1.165, 1.54) is 36.7 Å². The Labute approximate surface area is 131 Å². The minimum Gasteiger partial charge on any atom is -0.387 e. The maximum atomic E-state index is 10.5. The number of piperidine rings is 3. The Morgan fingerprint density at radius 1 is 1.09 bits per heavy atom. The summed E-state index contributed by atoms with van der Waals surface area (Å²) in [5, 5.41) is 16.5. The molecule has 3 heterocycles. The smallest absolute Gasteiger partial charge is 0.0914 e. The lowest BCUT2D eigenvalue weighted by Gasteiger charge is -2.45. The second kappa shape index (κ2) is 5.99. The summed E-state index contributed by atoms with van der Waals surface area (Å²) in [6.07, 6.45) is 2.19. The van der Waals surface area contributed by atoms with E-state index in [9.17, 15) is 5.11 Å². The van der Waals surface area contributed by atoms with E-state index in [2.05, 4.69) is 34.5 Å². The molecule has 0 aliphatic carbocycles. The van der Waals surface area contributed by atoms with Crippen LogP contribution in [0.15, 0.2) is 42.5 Å². The number of benzene rings is 2. The normalized spacial score (nSPS) is 28.9. The molecule has 0 spiro atoms. The van der Waals surface area contributed by atoms with Gasteiger partial charge in [-0.15, -0.1) is 0 Å². The molecule has 116 valence electrons. The Morgan fingerprint density at radius 3 is 2.59 bits per heavy atom. The number of aliphatic hydroxyl groups is 1. The van der Waals surface area contributed by atoms with Crippen LogP contribution in [0.2, 0.25) is 0 Å². The van der Waals surface area contributed by atoms with E-state index in [4.69, 9.17) is 0 Å². The molecule has 0 saturated carbocycles. The van der Waals surface area contributed by atoms with E-state index in [0.29, 0.717) is 12.6 Å². The molecule has 3 aliphatic heterocycles. The number of nitrogens with zero attached hydrogens (tertiary/aromatic N) is 1. The molecule has 3 aliphatic rings. The third-order valence-corrected chi connectivity index (χ3v) is 5.39. The number of hydrogen-bond acceptors (Lipinski definition) is 3. The van der Waals surface area contributed by atoms with Crippen LogP contribution in [0.1, 0.15) is 24.5 Å². The molecule has 5 rings (SSSR count). The van der Waals surface area contributed by atoms with Gasteiger partial charge < -0.3 is 15.3 Å². The van der Waals surface area contributed by atoms with Crippen molar-refractivity contribution in [1.29, 1.82) is 0 Å². The molecule has 2 aromatic carbocycles. The summed E-state index contributed by atoms with van der Waals surface area (Å²) in [5.74, 6) is 0.800. The predicted octanol–water partition coefficient (Wildman–Crippen LogP) is 2.56. The highest BCUT2D eigenvalue weighted by atomic mass is 16.3. The van der Waals surface area contributed by atoms with Gasteiger partial charge in [0.15, 0.2) is 0 Å². The van der Waals surface area contributed by atoms with E-state index in [0.717, 1.165) is 18.0 Å². The fourth-order valence-electron chi connectivity index (χ4n) is 3.99. The molecule has 0 aromatic heterocycles. The zero-order valence-electron chi connectivity index (χ0n) is 12.9. The highest BCUT2D eigenvalue weighted by molar-refractivity contribution is 5.83. The second-order valence-corrected chi connectivity index (χ2v) is 6.78. The Hall–Kier alpha value is -1.42. The van der Waals surface area contributed by atoms with Crippen LogP contribution in [0.25, 0.3) is 10.8 Å². The van der Waals surface area contributed by atoms with Crippen molar-refractivity contribution in [2.75, 3.05) is 26.2 Å². The van der Waals surface area contributed by atoms with Crippen LogP contribution in [0.3, 0.4) is 0 Å². The Bertz CT molecular complexity index is 649. The first-order valence-corrected chi connectivity index (χ1v) is 8.42. The minimum atomic E-state index is -0.431. The second-order valence-electron chi connectivity index (χ2n) is 6.78. The standard InChI is InChI=1S/C19H24N2O/c22-19(12-20-18-13-21-9-7-15(18)8-10-21)17-6-5-14-3-1-2-4-16(14)11-17/h1-6,11,15,18-20,22H,7-10,12-13H2/t18-,19+/m1/s1. The molecule has 3 saturated heterocycles. The van der Waals surface area contributed by atoms with Crippen LogP contribution in [-0.2, 0) is 0 Å². The highest BCUT2D eigenvalue weighted by Gasteiger charge is 2.33. The molecular formula is C19H24N2O. The maximum Gasteiger partial charge on any atom is 0.0914 e. The molecule has 2 N–H and O–H groups in total. The molecule has 3 fully saturated rings. The van der Waals surface area contributed by atoms with Gasteiger partial charge in [-0.3, -0.25) is 0 Å². The van der Waals surface area contributed by atoms with Crippen molar-refractivity contribution in [1.82, 2.24) is 10.2 Å². The molecule has 0 amide bonds. The molecule has 22 heavy (non-hydrogen) atoms. The lowest BCUT2D eigenvalue weighted by Crippen LogP contribution is -2.56. The molecular weight excluding hydrogens is 272 g/mol. The van der Waals surface area contributed by atoms with Gasteiger partial charge in [-0.05, 0) is 54.3 Å². The van der Waals surface area contributed by atoms with E-state index in [1.807, 2.05) is 18.2 Å². The summed E-state index contributed by atoms with van der Waals surface area (Å²) in [4.78, 5) is 2.54. The number of aliphatic hydroxyl groups excluding tert-OH is 1. The molecule has 2 aromatic rings. The van der Waals surface area contributed by atoms with Crippen LogP contribution in [0, 0.1) is 5.92 Å². The van der Waals surface area contributed by atoms with Crippen LogP contribution in [-0.4, -0.2) is 42.2 Å². The van der Waals surface area contributed by atoms with Crippen LogP contribution in [0.5, 0.6) is 0 Å². The van der Waals surface area contributed by atoms with Crippen molar-refractivity contribution < 1.29 is 5.11 Å². The van der Waals surface area contributed by atoms with Crippen LogP contribution >= 0.6 is 0 Å². The number of nitrogens with one attached hydrogen (secondary N) is 1. The predicted molar refractivity (Wildman–Crippen MR) is 89.9 cm³/mol. The van der Waals surface area contributed by atoms with Crippen molar-refractivity contribution in [2.24, 2.45) is 5.92 Å². The summed E-state index contributed by atoms with van der Waals surface area (Å²) in [6, 6.07) is 15.1. The van der Waals surface area contributed by atoms with Crippen molar-refractivity contribution in [3.63, 3.8) is 0 Å². The lowest BCUT2D eigenvalue weighted by molar-refractivity contribution is 0.0635. The van der Waals surface area contributed by atoms with Crippen molar-refractivity contribution in [2.45, 2.75) is 25.0 Å². The fraction of sp³-hybridized carbons (Fsp3) is 0.474. The van der Waals surface area contributed by atoms with Crippen LogP contribution in [0.4, 0.5) is 0 Å². The molecule has 2 bridgehead atoms. The van der Waals surface area contributed by atoms with E-state index in [-0.39, 0.29) is 0 Å². The van der Waals surface area contributed by atoms with E-state index in [1.54, 1.807) is 0 Å². The van der Waals surface area contributed by atoms with E-state index >= 15 is 0 Å². The Morgan fingerprint density at radius 2 is 1.86 bits per heavy atom. The van der Waals surface area contributed by atoms with Crippen molar-refractivity contribution in [3.05, 3.63) is 48.0 Å². The average Bonchev–Trinajstić information content (AvgIpc) is 2.60. The van der Waals surface area contributed by atoms with Gasteiger partial charge in [-0.25, -0.2) is 0 Å². The quantitative estimate of drug-likeness (QED) is 0.910. The van der Waals surface area contributed by atoms with Gasteiger partial charge in [0.25, 0.3) is 0 Å². The zero-order valence-corrected chi connectivity index (χ0v) is 12.9. The summed E-state index contributed by atoms with van der Waals surface area (Å²) in [6.45, 7) is 4.31. The Balaban J connectivity index is 1.41. The number of rotatable bonds is 4. The monoisotopic (exact) mass is 296 g/mol. The van der Waals surface area contributed by atoms with Gasteiger partial charge in [-0.2, -0.15) is 0 Å². The summed E-state index contributed by atoms with van der Waals surface area (Å²) in [7, 11) is 0. The first kappa shape index (κ1) is 14.2. The fourth-order valence-corrected chi connectivity index (χ4v) is 3.99. The number of fused-ring (bicyclic) bond motifs is 4. The Kier molecular flexibility index (Phi) is 3.87. The summed E-state index contributed by atoms with van der Waals surface area (Å²) < 4.78 is 0. The highest BCUT2D eigenvalue weighted by Crippen LogP contribution is 2.28. The molecule has 2 atom stereocenters. The third kappa shape index (κ3) is 2.76. The van der Waals surface area contributed by atoms with Gasteiger partial charge >= 0.3 is 0 Å². The van der Waals surface area contributed by atoms with Gasteiger partial charge in [0.2, 0.25) is 0 Å². The number of hydrogen-bond donors (Lipinski definition) is 2. The third-order valence-electron chi connectivity index (χ3n) is 5.39. The largest absolute Gasteiger partial charge is 0.387 e. The SMILES string of the molecule is O[C@@H](CN[C@@H]1CN2CCC1CC2)c1ccc2ccccc2c1. The summed E-state index contributed by atoms with van der Waals surface area (Å²) >= 11 is 0. The van der Waals surface area contributed by atoms with E-state index < -0.39 is 6.10 Å². The van der Waals surface area contributed by atoms with Gasteiger partial charge in [-0.1, -0.05) is 36.4 Å². The van der Waals surface area contributed by atoms with Crippen molar-refractivity contribution in [3.8, 4) is 0 Å².